The number of benzene rings is 2. The zero-order valence-corrected chi connectivity index (χ0v) is 13.4. The first-order chi connectivity index (χ1) is 11.6. The van der Waals surface area contributed by atoms with Crippen LogP contribution in [-0.2, 0) is 4.79 Å². The highest BCUT2D eigenvalue weighted by Gasteiger charge is 2.03. The summed E-state index contributed by atoms with van der Waals surface area (Å²) in [5.74, 6) is 0.583. The molecule has 2 rings (SSSR count). The normalized spacial score (nSPS) is 10.5. The fourth-order valence-electron chi connectivity index (χ4n) is 1.89. The average Bonchev–Trinajstić information content (AvgIpc) is 2.61. The molecule has 2 N–H and O–H groups in total. The van der Waals surface area contributed by atoms with Gasteiger partial charge in [-0.15, -0.1) is 0 Å². The third-order valence-electron chi connectivity index (χ3n) is 3.13. The molecule has 0 saturated heterocycles. The number of carbonyl (C=O) groups is 1. The van der Waals surface area contributed by atoms with Gasteiger partial charge in [-0.1, -0.05) is 0 Å². The lowest BCUT2D eigenvalue weighted by molar-refractivity contribution is -0.119. The zero-order valence-electron chi connectivity index (χ0n) is 13.4. The molecule has 7 heteroatoms. The third kappa shape index (κ3) is 4.98. The minimum Gasteiger partial charge on any atom is -0.497 e. The van der Waals surface area contributed by atoms with Crippen LogP contribution < -0.4 is 20.2 Å². The first kappa shape index (κ1) is 17.3. The summed E-state index contributed by atoms with van der Waals surface area (Å²) >= 11 is 0. The zero-order chi connectivity index (χ0) is 17.4. The lowest BCUT2D eigenvalue weighted by Gasteiger charge is -2.07. The molecule has 0 atom stereocenters. The number of rotatable bonds is 7. The largest absolute Gasteiger partial charge is 0.497 e. The van der Waals surface area contributed by atoms with Crippen LogP contribution in [0.15, 0.2) is 47.6 Å². The summed E-state index contributed by atoms with van der Waals surface area (Å²) in [6.07, 6.45) is 1.48. The van der Waals surface area contributed by atoms with Gasteiger partial charge in [0.05, 0.1) is 27.0 Å². The molecule has 2 aromatic rings. The van der Waals surface area contributed by atoms with Crippen molar-refractivity contribution in [2.24, 2.45) is 5.10 Å². The van der Waals surface area contributed by atoms with Crippen LogP contribution in [0.3, 0.4) is 0 Å². The van der Waals surface area contributed by atoms with Gasteiger partial charge in [-0.2, -0.15) is 5.10 Å². The van der Waals surface area contributed by atoms with E-state index in [4.69, 9.17) is 9.47 Å². The molecule has 126 valence electrons. The predicted molar refractivity (Wildman–Crippen MR) is 90.2 cm³/mol. The molecule has 0 unspecified atom stereocenters. The number of hydrogen-bond donors (Lipinski definition) is 2. The molecule has 6 nitrogen and oxygen atoms in total. The predicted octanol–water partition coefficient (Wildman–Crippen LogP) is 2.41. The summed E-state index contributed by atoms with van der Waals surface area (Å²) in [5.41, 5.74) is 3.74. The van der Waals surface area contributed by atoms with E-state index in [1.165, 1.54) is 25.5 Å². The molecule has 24 heavy (non-hydrogen) atoms. The van der Waals surface area contributed by atoms with E-state index in [0.29, 0.717) is 22.7 Å². The van der Waals surface area contributed by atoms with E-state index in [9.17, 15) is 9.18 Å². The minimum absolute atomic E-state index is 0.0166. The Morgan fingerprint density at radius 3 is 2.58 bits per heavy atom. The molecule has 0 fully saturated rings. The van der Waals surface area contributed by atoms with E-state index in [1.807, 2.05) is 0 Å². The molecule has 0 aliphatic rings. The summed E-state index contributed by atoms with van der Waals surface area (Å²) in [6, 6.07) is 11.0. The molecule has 0 saturated carbocycles. The Labute approximate surface area is 139 Å². The van der Waals surface area contributed by atoms with E-state index in [-0.39, 0.29) is 18.3 Å². The highest BCUT2D eigenvalue weighted by atomic mass is 19.1. The minimum atomic E-state index is -0.331. The first-order valence-corrected chi connectivity index (χ1v) is 7.15. The van der Waals surface area contributed by atoms with Crippen molar-refractivity contribution in [1.29, 1.82) is 0 Å². The van der Waals surface area contributed by atoms with E-state index in [1.54, 1.807) is 37.4 Å². The molecule has 0 bridgehead atoms. The Hall–Kier alpha value is -3.09. The molecule has 1 amide bonds. The quantitative estimate of drug-likeness (QED) is 0.604. The average molecular weight is 331 g/mol. The van der Waals surface area contributed by atoms with Crippen molar-refractivity contribution >= 4 is 17.8 Å². The molecular formula is C17H18FN3O3. The van der Waals surface area contributed by atoms with Gasteiger partial charge in [-0.25, -0.2) is 9.82 Å². The number of methoxy groups -OCH3 is 2. The third-order valence-corrected chi connectivity index (χ3v) is 3.13. The van der Waals surface area contributed by atoms with Crippen LogP contribution in [0, 0.1) is 5.82 Å². The number of nitrogens with one attached hydrogen (secondary N) is 2. The summed E-state index contributed by atoms with van der Waals surface area (Å²) < 4.78 is 23.1. The number of amides is 1. The van der Waals surface area contributed by atoms with Gasteiger partial charge in [0, 0.05) is 17.3 Å². The van der Waals surface area contributed by atoms with Gasteiger partial charge in [-0.05, 0) is 36.4 Å². The Bertz CT molecular complexity index is 718. The highest BCUT2D eigenvalue weighted by Crippen LogP contribution is 2.22. The molecular weight excluding hydrogens is 313 g/mol. The maximum atomic E-state index is 12.8. The number of hydrazone groups is 1. The van der Waals surface area contributed by atoms with Gasteiger partial charge in [-0.3, -0.25) is 4.79 Å². The number of ether oxygens (including phenoxy) is 2. The smallest absolute Gasteiger partial charge is 0.259 e. The van der Waals surface area contributed by atoms with Crippen LogP contribution in [-0.4, -0.2) is 32.9 Å². The monoisotopic (exact) mass is 331 g/mol. The summed E-state index contributed by atoms with van der Waals surface area (Å²) in [7, 11) is 3.11. The first-order valence-electron chi connectivity index (χ1n) is 7.15. The fourth-order valence-corrected chi connectivity index (χ4v) is 1.89. The van der Waals surface area contributed by atoms with Crippen molar-refractivity contribution in [3.05, 3.63) is 53.8 Å². The van der Waals surface area contributed by atoms with Crippen LogP contribution >= 0.6 is 0 Å². The van der Waals surface area contributed by atoms with Crippen molar-refractivity contribution < 1.29 is 18.7 Å². The van der Waals surface area contributed by atoms with Gasteiger partial charge >= 0.3 is 0 Å². The van der Waals surface area contributed by atoms with Crippen molar-refractivity contribution in [3.63, 3.8) is 0 Å². The van der Waals surface area contributed by atoms with E-state index in [0.717, 1.165) is 0 Å². The fraction of sp³-hybridized carbons (Fsp3) is 0.176. The highest BCUT2D eigenvalue weighted by molar-refractivity contribution is 5.86. The molecule has 0 radical (unpaired) electrons. The molecule has 0 aliphatic heterocycles. The van der Waals surface area contributed by atoms with Crippen LogP contribution in [0.2, 0.25) is 0 Å². The van der Waals surface area contributed by atoms with Crippen LogP contribution in [0.25, 0.3) is 0 Å². The lowest BCUT2D eigenvalue weighted by atomic mass is 10.2. The topological polar surface area (TPSA) is 72.0 Å². The Balaban J connectivity index is 1.86. The van der Waals surface area contributed by atoms with Crippen LogP contribution in [0.5, 0.6) is 11.5 Å². The van der Waals surface area contributed by atoms with Crippen LogP contribution in [0.4, 0.5) is 10.1 Å². The van der Waals surface area contributed by atoms with E-state index < -0.39 is 0 Å². The van der Waals surface area contributed by atoms with E-state index in [2.05, 4.69) is 15.8 Å². The second-order valence-electron chi connectivity index (χ2n) is 4.76. The van der Waals surface area contributed by atoms with Gasteiger partial charge in [0.25, 0.3) is 5.91 Å². The molecule has 0 heterocycles. The number of hydrogen-bond acceptors (Lipinski definition) is 5. The SMILES string of the molecule is COc1ccc(C=NNC(=O)CNc2ccc(F)cc2)c(OC)c1. The van der Waals surface area contributed by atoms with Crippen LogP contribution in [0.1, 0.15) is 5.56 Å². The van der Waals surface area contributed by atoms with Gasteiger partial charge in [0.1, 0.15) is 17.3 Å². The molecule has 0 aromatic heterocycles. The summed E-state index contributed by atoms with van der Waals surface area (Å²) in [5, 5.41) is 6.75. The second-order valence-corrected chi connectivity index (χ2v) is 4.76. The Kier molecular flexibility index (Phi) is 6.13. The Morgan fingerprint density at radius 1 is 1.17 bits per heavy atom. The Morgan fingerprint density at radius 2 is 1.92 bits per heavy atom. The maximum absolute atomic E-state index is 12.8. The molecule has 0 spiro atoms. The number of halogens is 1. The number of carbonyl (C=O) groups excluding carboxylic acids is 1. The second kappa shape index (κ2) is 8.52. The summed E-state index contributed by atoms with van der Waals surface area (Å²) in [4.78, 5) is 11.7. The summed E-state index contributed by atoms with van der Waals surface area (Å²) in [6.45, 7) is 0.0166. The maximum Gasteiger partial charge on any atom is 0.259 e. The van der Waals surface area contributed by atoms with Crippen molar-refractivity contribution in [2.75, 3.05) is 26.1 Å². The molecule has 0 aliphatic carbocycles. The van der Waals surface area contributed by atoms with Gasteiger partial charge in [0.2, 0.25) is 0 Å². The standard InChI is InChI=1S/C17H18FN3O3/c1-23-15-8-3-12(16(9-15)24-2)10-20-21-17(22)11-19-14-6-4-13(18)5-7-14/h3-10,19H,11H2,1-2H3,(H,21,22). The van der Waals surface area contributed by atoms with Gasteiger partial charge in [0.15, 0.2) is 0 Å². The van der Waals surface area contributed by atoms with Crippen molar-refractivity contribution in [1.82, 2.24) is 5.43 Å². The molecule has 2 aromatic carbocycles. The number of nitrogens with zero attached hydrogens (tertiary/aromatic N) is 1. The van der Waals surface area contributed by atoms with E-state index >= 15 is 0 Å². The van der Waals surface area contributed by atoms with Crippen molar-refractivity contribution in [3.8, 4) is 11.5 Å². The lowest BCUT2D eigenvalue weighted by Crippen LogP contribution is -2.25. The number of anilines is 1. The van der Waals surface area contributed by atoms with Gasteiger partial charge < -0.3 is 14.8 Å². The van der Waals surface area contributed by atoms with Crippen molar-refractivity contribution in [2.45, 2.75) is 0 Å².